The van der Waals surface area contributed by atoms with Crippen molar-refractivity contribution in [3.05, 3.63) is 127 Å². The summed E-state index contributed by atoms with van der Waals surface area (Å²) in [7, 11) is 0. The number of aryl methyl sites for hydroxylation is 2. The van der Waals surface area contributed by atoms with Crippen molar-refractivity contribution in [2.75, 3.05) is 0 Å². The standard InChI is InChI=1S/2C22H25.C2H7Si.Zr/c2*1-14-10-11-19(16(3)15(14)2)20-9-7-8-17-12-18(13-21(17)20)22(4,5)6;1-3-2;/h2*7-13H,1-6H3;3H,1-2H3;. The number of hydrogen-bond donors (Lipinski definition) is 0. The van der Waals surface area contributed by atoms with Crippen LogP contribution in [-0.2, 0) is 20.9 Å². The Labute approximate surface area is 301 Å². The fraction of sp³-hybridized carbons (Fsp3) is 0.391. The van der Waals surface area contributed by atoms with Crippen LogP contribution in [0.5, 0.6) is 0 Å². The third-order valence-corrected chi connectivity index (χ3v) is 33.3. The van der Waals surface area contributed by atoms with Crippen molar-refractivity contribution in [2.24, 2.45) is 10.8 Å². The number of rotatable bonds is 5. The molecule has 2 aliphatic carbocycles. The predicted octanol–water partition coefficient (Wildman–Crippen LogP) is 13.1. The maximum atomic E-state index is 2.71. The molecule has 0 bridgehead atoms. The van der Waals surface area contributed by atoms with Crippen LogP contribution >= 0.6 is 0 Å². The molecular weight excluding hydrogens is 672 g/mol. The minimum atomic E-state index is -2.34. The van der Waals surface area contributed by atoms with Gasteiger partial charge in [0, 0.05) is 0 Å². The van der Waals surface area contributed by atoms with Gasteiger partial charge in [0.1, 0.15) is 0 Å². The van der Waals surface area contributed by atoms with Gasteiger partial charge in [-0.2, -0.15) is 0 Å². The molecule has 0 saturated carbocycles. The van der Waals surface area contributed by atoms with Crippen molar-refractivity contribution in [1.29, 1.82) is 0 Å². The van der Waals surface area contributed by atoms with Crippen LogP contribution in [0.4, 0.5) is 0 Å². The molecule has 0 amide bonds. The molecule has 0 heterocycles. The van der Waals surface area contributed by atoms with E-state index in [1.54, 1.807) is 22.3 Å². The zero-order valence-electron chi connectivity index (χ0n) is 32.2. The van der Waals surface area contributed by atoms with Crippen molar-refractivity contribution < 1.29 is 20.9 Å². The second kappa shape index (κ2) is 12.7. The molecule has 0 N–H and O–H groups in total. The molecular formula is C46H57SiZr. The first-order valence-electron chi connectivity index (χ1n) is 18.1. The summed E-state index contributed by atoms with van der Waals surface area (Å²) < 4.78 is 1.18. The van der Waals surface area contributed by atoms with Crippen molar-refractivity contribution in [1.82, 2.24) is 0 Å². The third kappa shape index (κ3) is 5.88. The molecule has 0 aromatic heterocycles. The zero-order valence-corrected chi connectivity index (χ0v) is 35.8. The van der Waals surface area contributed by atoms with Crippen molar-refractivity contribution in [3.63, 3.8) is 0 Å². The van der Waals surface area contributed by atoms with Gasteiger partial charge in [0.2, 0.25) is 0 Å². The van der Waals surface area contributed by atoms with Gasteiger partial charge in [-0.1, -0.05) is 0 Å². The van der Waals surface area contributed by atoms with Crippen LogP contribution in [0.1, 0.15) is 104 Å². The molecule has 2 heteroatoms. The molecule has 0 aliphatic heterocycles. The Morgan fingerprint density at radius 3 is 1.19 bits per heavy atom. The van der Waals surface area contributed by atoms with E-state index in [9.17, 15) is 0 Å². The minimum absolute atomic E-state index is 0.111. The van der Waals surface area contributed by atoms with Crippen LogP contribution in [0.15, 0.2) is 71.8 Å². The molecule has 0 saturated heterocycles. The van der Waals surface area contributed by atoms with E-state index >= 15 is 0 Å². The normalized spacial score (nSPS) is 17.4. The SMILES string of the molecule is Cc1ccc(-c2cccc3c2C=C(C(C)(C)C)[CH]3[Zr]([CH]2C(C(C)(C)C)=Cc3c(-c4ccc(C)c(C)c4C)cccc32)[SiH](C)C)c(C)c1C. The van der Waals surface area contributed by atoms with E-state index in [1.807, 2.05) is 0 Å². The molecule has 0 nitrogen and oxygen atoms in total. The molecule has 2 atom stereocenters. The first-order valence-corrected chi connectivity index (χ1v) is 28.1. The van der Waals surface area contributed by atoms with Crippen LogP contribution in [0.3, 0.4) is 0 Å². The van der Waals surface area contributed by atoms with E-state index in [2.05, 4.69) is 169 Å². The fourth-order valence-corrected chi connectivity index (χ4v) is 32.2. The second-order valence-electron chi connectivity index (χ2n) is 17.2. The monoisotopic (exact) mass is 727 g/mol. The summed E-state index contributed by atoms with van der Waals surface area (Å²) >= 11 is -2.34. The van der Waals surface area contributed by atoms with E-state index in [-0.39, 0.29) is 10.8 Å². The molecule has 4 aromatic rings. The summed E-state index contributed by atoms with van der Waals surface area (Å²) in [5, 5.41) is 0. The number of fused-ring (bicyclic) bond motifs is 2. The summed E-state index contributed by atoms with van der Waals surface area (Å²) in [5.74, 6) is -1.04. The van der Waals surface area contributed by atoms with Crippen LogP contribution in [0.2, 0.25) is 13.1 Å². The first kappa shape index (κ1) is 35.3. The molecule has 0 fully saturated rings. The molecule has 249 valence electrons. The van der Waals surface area contributed by atoms with Crippen LogP contribution in [0, 0.1) is 52.4 Å². The molecule has 0 spiro atoms. The topological polar surface area (TPSA) is 0 Å². The Bertz CT molecular complexity index is 1850. The van der Waals surface area contributed by atoms with Gasteiger partial charge in [-0.05, 0) is 0 Å². The van der Waals surface area contributed by atoms with Crippen molar-refractivity contribution >= 4 is 18.1 Å². The Kier molecular flexibility index (Phi) is 9.30. The van der Waals surface area contributed by atoms with Crippen molar-refractivity contribution in [2.45, 2.75) is 103 Å². The zero-order chi connectivity index (χ0) is 35.0. The van der Waals surface area contributed by atoms with E-state index in [0.717, 1.165) is 0 Å². The first-order chi connectivity index (χ1) is 22.4. The average molecular weight is 729 g/mol. The number of benzene rings is 4. The molecule has 6 rings (SSSR count). The van der Waals surface area contributed by atoms with Gasteiger partial charge in [0.25, 0.3) is 0 Å². The van der Waals surface area contributed by atoms with E-state index in [1.165, 1.54) is 66.8 Å². The van der Waals surface area contributed by atoms with Crippen LogP contribution in [-0.4, -0.2) is 5.92 Å². The van der Waals surface area contributed by atoms with Gasteiger partial charge in [-0.3, -0.25) is 0 Å². The molecule has 48 heavy (non-hydrogen) atoms. The summed E-state index contributed by atoms with van der Waals surface area (Å²) in [6.45, 7) is 34.0. The van der Waals surface area contributed by atoms with Gasteiger partial charge in [-0.15, -0.1) is 0 Å². The molecule has 2 aliphatic rings. The van der Waals surface area contributed by atoms with E-state index in [0.29, 0.717) is 7.25 Å². The number of hydrogen-bond acceptors (Lipinski definition) is 0. The summed E-state index contributed by atoms with van der Waals surface area (Å²) in [6.07, 6.45) is 5.35. The van der Waals surface area contributed by atoms with Gasteiger partial charge in [-0.25, -0.2) is 0 Å². The quantitative estimate of drug-likeness (QED) is 0.180. The van der Waals surface area contributed by atoms with Crippen molar-refractivity contribution in [3.8, 4) is 22.3 Å². The van der Waals surface area contributed by atoms with Gasteiger partial charge < -0.3 is 0 Å². The van der Waals surface area contributed by atoms with Gasteiger partial charge in [0.05, 0.1) is 0 Å². The van der Waals surface area contributed by atoms with Gasteiger partial charge >= 0.3 is 303 Å². The summed E-state index contributed by atoms with van der Waals surface area (Å²) in [6, 6.07) is 24.0. The van der Waals surface area contributed by atoms with Gasteiger partial charge in [0.15, 0.2) is 0 Å². The Morgan fingerprint density at radius 2 is 0.854 bits per heavy atom. The Morgan fingerprint density at radius 1 is 0.479 bits per heavy atom. The second-order valence-corrected chi connectivity index (χ2v) is 37.3. The van der Waals surface area contributed by atoms with Crippen LogP contribution in [0.25, 0.3) is 34.4 Å². The molecule has 2 unspecified atom stereocenters. The number of allylic oxidation sites excluding steroid dienone is 2. The summed E-state index contributed by atoms with van der Waals surface area (Å²) in [5.41, 5.74) is 24.0. The third-order valence-electron chi connectivity index (χ3n) is 11.9. The summed E-state index contributed by atoms with van der Waals surface area (Å²) in [4.78, 5) is 0. The molecule has 0 radical (unpaired) electrons. The Balaban J connectivity index is 1.59. The average Bonchev–Trinajstić information content (AvgIpc) is 3.60. The maximum absolute atomic E-state index is 2.71. The fourth-order valence-electron chi connectivity index (χ4n) is 8.62. The van der Waals surface area contributed by atoms with E-state index in [4.69, 9.17) is 0 Å². The van der Waals surface area contributed by atoms with Crippen LogP contribution < -0.4 is 0 Å². The Hall–Kier alpha value is -2.54. The molecule has 4 aromatic carbocycles. The van der Waals surface area contributed by atoms with E-state index < -0.39 is 26.8 Å². The predicted molar refractivity (Wildman–Crippen MR) is 211 cm³/mol.